The van der Waals surface area contributed by atoms with Gasteiger partial charge >= 0.3 is 0 Å². The molecule has 0 spiro atoms. The number of nitrogen functional groups attached to an aromatic ring is 1. The minimum atomic E-state index is 0.640. The predicted molar refractivity (Wildman–Crippen MR) is 69.6 cm³/mol. The van der Waals surface area contributed by atoms with Crippen LogP contribution in [0.3, 0.4) is 0 Å². The van der Waals surface area contributed by atoms with Crippen molar-refractivity contribution in [1.29, 1.82) is 0 Å². The van der Waals surface area contributed by atoms with Crippen molar-refractivity contribution in [1.82, 2.24) is 4.90 Å². The molecular formula is C14H22N2. The molecule has 1 aromatic rings. The van der Waals surface area contributed by atoms with E-state index in [1.54, 1.807) is 0 Å². The number of hydrogen-bond acceptors (Lipinski definition) is 2. The standard InChI is InChI=1S/C14H22N2/c1-12(8-11-16-9-2-3-10-16)13-4-6-14(15)7-5-13/h4-7,12H,2-3,8-11,15H2,1H3. The van der Waals surface area contributed by atoms with E-state index in [1.165, 1.54) is 44.5 Å². The average molecular weight is 218 g/mol. The Kier molecular flexibility index (Phi) is 3.83. The summed E-state index contributed by atoms with van der Waals surface area (Å²) in [7, 11) is 0. The Labute approximate surface area is 98.4 Å². The number of benzene rings is 1. The zero-order valence-corrected chi connectivity index (χ0v) is 10.2. The van der Waals surface area contributed by atoms with Crippen LogP contribution in [0.4, 0.5) is 5.69 Å². The van der Waals surface area contributed by atoms with Crippen molar-refractivity contribution in [2.45, 2.75) is 32.1 Å². The van der Waals surface area contributed by atoms with Crippen molar-refractivity contribution in [3.8, 4) is 0 Å². The molecular weight excluding hydrogens is 196 g/mol. The summed E-state index contributed by atoms with van der Waals surface area (Å²) in [5, 5.41) is 0. The van der Waals surface area contributed by atoms with Crippen molar-refractivity contribution in [2.75, 3.05) is 25.4 Å². The van der Waals surface area contributed by atoms with Crippen LogP contribution in [-0.4, -0.2) is 24.5 Å². The molecule has 1 fully saturated rings. The monoisotopic (exact) mass is 218 g/mol. The molecule has 1 saturated heterocycles. The summed E-state index contributed by atoms with van der Waals surface area (Å²) in [5.41, 5.74) is 7.96. The van der Waals surface area contributed by atoms with E-state index in [9.17, 15) is 0 Å². The van der Waals surface area contributed by atoms with Crippen LogP contribution in [0.15, 0.2) is 24.3 Å². The van der Waals surface area contributed by atoms with Gasteiger partial charge in [0.05, 0.1) is 0 Å². The molecule has 1 aliphatic rings. The minimum absolute atomic E-state index is 0.640. The third-order valence-corrected chi connectivity index (χ3v) is 3.58. The summed E-state index contributed by atoms with van der Waals surface area (Å²) in [6.45, 7) is 6.15. The van der Waals surface area contributed by atoms with Crippen molar-refractivity contribution < 1.29 is 0 Å². The topological polar surface area (TPSA) is 29.3 Å². The number of anilines is 1. The molecule has 2 nitrogen and oxygen atoms in total. The van der Waals surface area contributed by atoms with Crippen molar-refractivity contribution in [3.63, 3.8) is 0 Å². The SMILES string of the molecule is CC(CCN1CCCC1)c1ccc(N)cc1. The molecule has 2 heteroatoms. The van der Waals surface area contributed by atoms with Gasteiger partial charge in [0.15, 0.2) is 0 Å². The second-order valence-electron chi connectivity index (χ2n) is 4.91. The maximum Gasteiger partial charge on any atom is 0.0314 e. The fraction of sp³-hybridized carbons (Fsp3) is 0.571. The number of hydrogen-bond donors (Lipinski definition) is 1. The van der Waals surface area contributed by atoms with E-state index in [0.29, 0.717) is 5.92 Å². The van der Waals surface area contributed by atoms with E-state index in [4.69, 9.17) is 5.73 Å². The summed E-state index contributed by atoms with van der Waals surface area (Å²) in [6, 6.07) is 8.32. The lowest BCUT2D eigenvalue weighted by molar-refractivity contribution is 0.324. The smallest absolute Gasteiger partial charge is 0.0314 e. The molecule has 0 aliphatic carbocycles. The summed E-state index contributed by atoms with van der Waals surface area (Å²) in [6.07, 6.45) is 4.02. The molecule has 16 heavy (non-hydrogen) atoms. The second-order valence-corrected chi connectivity index (χ2v) is 4.91. The van der Waals surface area contributed by atoms with Crippen molar-refractivity contribution in [3.05, 3.63) is 29.8 Å². The van der Waals surface area contributed by atoms with E-state index in [-0.39, 0.29) is 0 Å². The van der Waals surface area contributed by atoms with Crippen LogP contribution in [0.2, 0.25) is 0 Å². The third kappa shape index (κ3) is 2.99. The number of nitrogens with two attached hydrogens (primary N) is 1. The second kappa shape index (κ2) is 5.35. The molecule has 0 bridgehead atoms. The number of nitrogens with zero attached hydrogens (tertiary/aromatic N) is 1. The third-order valence-electron chi connectivity index (χ3n) is 3.58. The van der Waals surface area contributed by atoms with E-state index >= 15 is 0 Å². The molecule has 1 atom stereocenters. The Morgan fingerprint density at radius 3 is 2.44 bits per heavy atom. The van der Waals surface area contributed by atoms with E-state index < -0.39 is 0 Å². The average Bonchev–Trinajstić information content (AvgIpc) is 2.80. The fourth-order valence-corrected chi connectivity index (χ4v) is 2.37. The van der Waals surface area contributed by atoms with Gasteiger partial charge in [-0.05, 0) is 62.5 Å². The molecule has 1 aliphatic heterocycles. The van der Waals surface area contributed by atoms with Crippen molar-refractivity contribution in [2.24, 2.45) is 0 Å². The van der Waals surface area contributed by atoms with Crippen molar-refractivity contribution >= 4 is 5.69 Å². The molecule has 2 rings (SSSR count). The minimum Gasteiger partial charge on any atom is -0.399 e. The molecule has 1 unspecified atom stereocenters. The lowest BCUT2D eigenvalue weighted by Crippen LogP contribution is -2.21. The quantitative estimate of drug-likeness (QED) is 0.787. The normalized spacial score (nSPS) is 18.8. The maximum atomic E-state index is 5.69. The van der Waals surface area contributed by atoms with Gasteiger partial charge < -0.3 is 10.6 Å². The molecule has 2 N–H and O–H groups in total. The predicted octanol–water partition coefficient (Wildman–Crippen LogP) is 2.86. The highest BCUT2D eigenvalue weighted by atomic mass is 15.1. The Morgan fingerprint density at radius 2 is 1.81 bits per heavy atom. The molecule has 88 valence electrons. The number of rotatable bonds is 4. The van der Waals surface area contributed by atoms with Crippen LogP contribution in [0.1, 0.15) is 37.7 Å². The maximum absolute atomic E-state index is 5.69. The molecule has 0 aromatic heterocycles. The summed E-state index contributed by atoms with van der Waals surface area (Å²) >= 11 is 0. The van der Waals surface area contributed by atoms with Gasteiger partial charge in [0.2, 0.25) is 0 Å². The first-order chi connectivity index (χ1) is 7.75. The first-order valence-electron chi connectivity index (χ1n) is 6.33. The van der Waals surface area contributed by atoms with Crippen LogP contribution in [-0.2, 0) is 0 Å². The molecule has 1 heterocycles. The highest BCUT2D eigenvalue weighted by Crippen LogP contribution is 2.21. The van der Waals surface area contributed by atoms with Gasteiger partial charge in [-0.1, -0.05) is 19.1 Å². The Balaban J connectivity index is 1.82. The Bertz CT molecular complexity index is 312. The lowest BCUT2D eigenvalue weighted by Gasteiger charge is -2.18. The van der Waals surface area contributed by atoms with Gasteiger partial charge in [-0.3, -0.25) is 0 Å². The van der Waals surface area contributed by atoms with Gasteiger partial charge in [0, 0.05) is 5.69 Å². The van der Waals surface area contributed by atoms with Crippen LogP contribution in [0.5, 0.6) is 0 Å². The zero-order valence-electron chi connectivity index (χ0n) is 10.2. The highest BCUT2D eigenvalue weighted by Gasteiger charge is 2.13. The summed E-state index contributed by atoms with van der Waals surface area (Å²) in [5.74, 6) is 0.640. The zero-order chi connectivity index (χ0) is 11.4. The largest absolute Gasteiger partial charge is 0.399 e. The number of likely N-dealkylation sites (tertiary alicyclic amines) is 1. The first kappa shape index (κ1) is 11.5. The Morgan fingerprint density at radius 1 is 1.19 bits per heavy atom. The van der Waals surface area contributed by atoms with Gasteiger partial charge in [-0.15, -0.1) is 0 Å². The van der Waals surface area contributed by atoms with Gasteiger partial charge in [-0.25, -0.2) is 0 Å². The molecule has 1 aromatic carbocycles. The van der Waals surface area contributed by atoms with Crippen LogP contribution >= 0.6 is 0 Å². The molecule has 0 amide bonds. The lowest BCUT2D eigenvalue weighted by atomic mass is 9.97. The summed E-state index contributed by atoms with van der Waals surface area (Å²) in [4.78, 5) is 2.58. The van der Waals surface area contributed by atoms with Gasteiger partial charge in [0.25, 0.3) is 0 Å². The van der Waals surface area contributed by atoms with Crippen LogP contribution in [0, 0.1) is 0 Å². The van der Waals surface area contributed by atoms with E-state index in [2.05, 4.69) is 24.0 Å². The van der Waals surface area contributed by atoms with E-state index in [0.717, 1.165) is 5.69 Å². The summed E-state index contributed by atoms with van der Waals surface area (Å²) < 4.78 is 0. The van der Waals surface area contributed by atoms with Crippen LogP contribution < -0.4 is 5.73 Å². The van der Waals surface area contributed by atoms with Gasteiger partial charge in [0.1, 0.15) is 0 Å². The first-order valence-corrected chi connectivity index (χ1v) is 6.33. The van der Waals surface area contributed by atoms with E-state index in [1.807, 2.05) is 12.1 Å². The molecule has 0 radical (unpaired) electrons. The Hall–Kier alpha value is -1.02. The van der Waals surface area contributed by atoms with Gasteiger partial charge in [-0.2, -0.15) is 0 Å². The fourth-order valence-electron chi connectivity index (χ4n) is 2.37. The van der Waals surface area contributed by atoms with Crippen LogP contribution in [0.25, 0.3) is 0 Å². The highest BCUT2D eigenvalue weighted by molar-refractivity contribution is 5.40. The molecule has 0 saturated carbocycles.